The highest BCUT2D eigenvalue weighted by Gasteiger charge is 2.42. The van der Waals surface area contributed by atoms with Gasteiger partial charge >= 0.3 is 12.5 Å². The maximum Gasteiger partial charge on any atom is 0.573 e. The van der Waals surface area contributed by atoms with E-state index in [1.807, 2.05) is 0 Å². The molecule has 1 aromatic carbocycles. The largest absolute Gasteiger partial charge is 0.573 e. The molecule has 1 aliphatic rings. The molecule has 0 aliphatic carbocycles. The fourth-order valence-corrected chi connectivity index (χ4v) is 2.54. The Morgan fingerprint density at radius 3 is 2.71 bits per heavy atom. The Kier molecular flexibility index (Phi) is 3.99. The summed E-state index contributed by atoms with van der Waals surface area (Å²) in [6.45, 7) is 2.42. The second-order valence-corrected chi connectivity index (χ2v) is 4.93. The number of nitrogens with zero attached hydrogens (tertiary/aromatic N) is 1. The van der Waals surface area contributed by atoms with Crippen molar-refractivity contribution >= 4 is 6.09 Å². The molecular weight excluding hydrogens is 289 g/mol. The van der Waals surface area contributed by atoms with E-state index in [0.29, 0.717) is 6.54 Å². The number of nitrogens with one attached hydrogen (secondary N) is 1. The van der Waals surface area contributed by atoms with Crippen LogP contribution in [-0.4, -0.2) is 42.1 Å². The molecule has 1 heterocycles. The Labute approximate surface area is 119 Å². The summed E-state index contributed by atoms with van der Waals surface area (Å²) in [6.07, 6.45) is -6.01. The van der Waals surface area contributed by atoms with Crippen molar-refractivity contribution in [3.8, 4) is 5.75 Å². The van der Waals surface area contributed by atoms with Gasteiger partial charge in [-0.1, -0.05) is 18.2 Å². The fraction of sp³-hybridized carbons (Fsp3) is 0.462. The van der Waals surface area contributed by atoms with Gasteiger partial charge in [-0.2, -0.15) is 0 Å². The number of amides is 1. The van der Waals surface area contributed by atoms with Crippen molar-refractivity contribution in [2.45, 2.75) is 18.8 Å². The monoisotopic (exact) mass is 304 g/mol. The van der Waals surface area contributed by atoms with Crippen LogP contribution in [0.4, 0.5) is 18.0 Å². The van der Waals surface area contributed by atoms with Crippen LogP contribution in [0.1, 0.15) is 12.5 Å². The summed E-state index contributed by atoms with van der Waals surface area (Å²) >= 11 is 0. The van der Waals surface area contributed by atoms with E-state index in [9.17, 15) is 23.1 Å². The predicted octanol–water partition coefficient (Wildman–Crippen LogP) is 2.38. The lowest BCUT2D eigenvalue weighted by atomic mass is 9.87. The zero-order chi connectivity index (χ0) is 15.7. The summed E-state index contributed by atoms with van der Waals surface area (Å²) < 4.78 is 41.5. The maximum absolute atomic E-state index is 12.5. The smallest absolute Gasteiger partial charge is 0.465 e. The number of rotatable bonds is 2. The van der Waals surface area contributed by atoms with Crippen molar-refractivity contribution in [1.82, 2.24) is 10.2 Å². The van der Waals surface area contributed by atoms with Crippen LogP contribution >= 0.6 is 0 Å². The summed E-state index contributed by atoms with van der Waals surface area (Å²) in [4.78, 5) is 12.5. The number of ether oxygens (including phenoxy) is 1. The van der Waals surface area contributed by atoms with Gasteiger partial charge in [-0.3, -0.25) is 4.90 Å². The van der Waals surface area contributed by atoms with Crippen molar-refractivity contribution < 1.29 is 27.8 Å². The molecule has 8 heteroatoms. The molecule has 0 spiro atoms. The lowest BCUT2D eigenvalue weighted by Crippen LogP contribution is -2.59. The van der Waals surface area contributed by atoms with Gasteiger partial charge in [0.2, 0.25) is 0 Å². The predicted molar refractivity (Wildman–Crippen MR) is 68.1 cm³/mol. The molecular formula is C13H15F3N2O3. The zero-order valence-electron chi connectivity index (χ0n) is 11.3. The van der Waals surface area contributed by atoms with Crippen molar-refractivity contribution in [3.05, 3.63) is 29.8 Å². The third-order valence-electron chi connectivity index (χ3n) is 3.50. The molecule has 2 rings (SSSR count). The van der Waals surface area contributed by atoms with Gasteiger partial charge in [0.05, 0.1) is 5.54 Å². The van der Waals surface area contributed by atoms with E-state index < -0.39 is 18.0 Å². The Hall–Kier alpha value is -1.96. The fourth-order valence-electron chi connectivity index (χ4n) is 2.54. The number of halogens is 3. The zero-order valence-corrected chi connectivity index (χ0v) is 11.3. The number of hydrogen-bond donors (Lipinski definition) is 2. The van der Waals surface area contributed by atoms with Crippen LogP contribution in [0.25, 0.3) is 0 Å². The summed E-state index contributed by atoms with van der Waals surface area (Å²) in [6, 6.07) is 5.60. The van der Waals surface area contributed by atoms with Gasteiger partial charge in [-0.05, 0) is 13.0 Å². The second kappa shape index (κ2) is 5.44. The van der Waals surface area contributed by atoms with Crippen LogP contribution in [0.2, 0.25) is 0 Å². The highest BCUT2D eigenvalue weighted by molar-refractivity contribution is 5.67. The van der Waals surface area contributed by atoms with Crippen LogP contribution in [0.3, 0.4) is 0 Å². The molecule has 0 aromatic heterocycles. The molecule has 2 N–H and O–H groups in total. The Morgan fingerprint density at radius 1 is 1.43 bits per heavy atom. The number of hydrogen-bond acceptors (Lipinski definition) is 3. The number of carboxylic acid groups (broad SMARTS) is 1. The molecule has 0 bridgehead atoms. The van der Waals surface area contributed by atoms with Gasteiger partial charge in [0.25, 0.3) is 0 Å². The average Bonchev–Trinajstić information content (AvgIpc) is 2.37. The standard InChI is InChI=1S/C13H15F3N2O3/c1-12(8-17-6-7-18(12)11(19)20)9-4-2-3-5-10(9)21-13(14,15)16/h2-5,17H,6-8H2,1H3,(H,19,20). The Morgan fingerprint density at radius 2 is 2.10 bits per heavy atom. The molecule has 5 nitrogen and oxygen atoms in total. The highest BCUT2D eigenvalue weighted by Crippen LogP contribution is 2.37. The number of piperazine rings is 1. The van der Waals surface area contributed by atoms with Crippen LogP contribution < -0.4 is 10.1 Å². The molecule has 1 aliphatic heterocycles. The highest BCUT2D eigenvalue weighted by atomic mass is 19.4. The van der Waals surface area contributed by atoms with Crippen molar-refractivity contribution in [1.29, 1.82) is 0 Å². The molecule has 1 unspecified atom stereocenters. The van der Waals surface area contributed by atoms with E-state index in [0.717, 1.165) is 4.90 Å². The van der Waals surface area contributed by atoms with Gasteiger partial charge in [-0.25, -0.2) is 4.79 Å². The van der Waals surface area contributed by atoms with Crippen molar-refractivity contribution in [3.63, 3.8) is 0 Å². The Balaban J connectivity index is 2.45. The van der Waals surface area contributed by atoms with Gasteiger partial charge in [0.1, 0.15) is 5.75 Å². The van der Waals surface area contributed by atoms with Crippen molar-refractivity contribution in [2.24, 2.45) is 0 Å². The first-order valence-electron chi connectivity index (χ1n) is 6.30. The molecule has 1 atom stereocenters. The van der Waals surface area contributed by atoms with Crippen LogP contribution in [0, 0.1) is 0 Å². The summed E-state index contributed by atoms with van der Waals surface area (Å²) in [5, 5.41) is 12.3. The van der Waals surface area contributed by atoms with E-state index in [1.54, 1.807) is 13.0 Å². The van der Waals surface area contributed by atoms with Gasteiger partial charge in [0, 0.05) is 25.2 Å². The SMILES string of the molecule is CC1(c2ccccc2OC(F)(F)F)CNCCN1C(=O)O. The van der Waals surface area contributed by atoms with E-state index in [2.05, 4.69) is 10.1 Å². The van der Waals surface area contributed by atoms with E-state index in [-0.39, 0.29) is 24.4 Å². The van der Waals surface area contributed by atoms with Gasteiger partial charge in [-0.15, -0.1) is 13.2 Å². The van der Waals surface area contributed by atoms with Gasteiger partial charge < -0.3 is 15.2 Å². The van der Waals surface area contributed by atoms with Crippen LogP contribution in [-0.2, 0) is 5.54 Å². The first-order chi connectivity index (χ1) is 9.74. The minimum atomic E-state index is -4.83. The summed E-state index contributed by atoms with van der Waals surface area (Å²) in [5.74, 6) is -0.387. The molecule has 0 saturated carbocycles. The molecule has 1 saturated heterocycles. The first-order valence-corrected chi connectivity index (χ1v) is 6.30. The molecule has 1 fully saturated rings. The van der Waals surface area contributed by atoms with Crippen LogP contribution in [0.15, 0.2) is 24.3 Å². The van der Waals surface area contributed by atoms with Gasteiger partial charge in [0.15, 0.2) is 0 Å². The molecule has 21 heavy (non-hydrogen) atoms. The number of alkyl halides is 3. The van der Waals surface area contributed by atoms with E-state index in [4.69, 9.17) is 0 Å². The quantitative estimate of drug-likeness (QED) is 0.880. The second-order valence-electron chi connectivity index (χ2n) is 4.93. The average molecular weight is 304 g/mol. The first kappa shape index (κ1) is 15.4. The number of benzene rings is 1. The molecule has 116 valence electrons. The number of carbonyl (C=O) groups is 1. The molecule has 0 radical (unpaired) electrons. The lowest BCUT2D eigenvalue weighted by molar-refractivity contribution is -0.275. The normalized spacial score (nSPS) is 23.0. The summed E-state index contributed by atoms with van der Waals surface area (Å²) in [5.41, 5.74) is -0.955. The lowest BCUT2D eigenvalue weighted by Gasteiger charge is -2.44. The topological polar surface area (TPSA) is 61.8 Å². The molecule has 1 aromatic rings. The number of para-hydroxylation sites is 1. The van der Waals surface area contributed by atoms with Crippen LogP contribution in [0.5, 0.6) is 5.75 Å². The summed E-state index contributed by atoms with van der Waals surface area (Å²) in [7, 11) is 0. The van der Waals surface area contributed by atoms with E-state index in [1.165, 1.54) is 18.2 Å². The van der Waals surface area contributed by atoms with Crippen molar-refractivity contribution in [2.75, 3.05) is 19.6 Å². The molecule has 1 amide bonds. The minimum Gasteiger partial charge on any atom is -0.465 e. The third-order valence-corrected chi connectivity index (χ3v) is 3.50. The van der Waals surface area contributed by atoms with E-state index >= 15 is 0 Å². The third kappa shape index (κ3) is 3.21. The Bertz CT molecular complexity index is 536. The maximum atomic E-state index is 12.5. The minimum absolute atomic E-state index is 0.178.